The minimum absolute atomic E-state index is 0.272. The second-order valence-electron chi connectivity index (χ2n) is 6.18. The molecule has 0 aliphatic heterocycles. The standard InChI is InChI=1S/C17H29NO/c1-12(2)17(11-19)10-18(6)9-16-8-7-13(3)14(4)15(16)5/h7-8,12,17,19H,9-11H2,1-6H3. The molecule has 0 bridgehead atoms. The number of aryl methyl sites for hydroxylation is 1. The molecule has 0 aliphatic rings. The lowest BCUT2D eigenvalue weighted by Crippen LogP contribution is -2.30. The molecule has 1 unspecified atom stereocenters. The van der Waals surface area contributed by atoms with Gasteiger partial charge in [-0.15, -0.1) is 0 Å². The summed E-state index contributed by atoms with van der Waals surface area (Å²) < 4.78 is 0. The molecule has 0 spiro atoms. The van der Waals surface area contributed by atoms with Crippen LogP contribution < -0.4 is 0 Å². The van der Waals surface area contributed by atoms with E-state index in [0.717, 1.165) is 13.1 Å². The first-order valence-corrected chi connectivity index (χ1v) is 7.21. The van der Waals surface area contributed by atoms with Crippen molar-refractivity contribution < 1.29 is 5.11 Å². The fourth-order valence-electron chi connectivity index (χ4n) is 2.42. The van der Waals surface area contributed by atoms with Gasteiger partial charge in [-0.1, -0.05) is 26.0 Å². The Hall–Kier alpha value is -0.860. The maximum absolute atomic E-state index is 9.42. The van der Waals surface area contributed by atoms with E-state index in [1.807, 2.05) is 0 Å². The summed E-state index contributed by atoms with van der Waals surface area (Å²) in [5.41, 5.74) is 5.55. The lowest BCUT2D eigenvalue weighted by molar-refractivity contribution is 0.143. The molecule has 2 heteroatoms. The van der Waals surface area contributed by atoms with Gasteiger partial charge in [-0.05, 0) is 61.9 Å². The zero-order chi connectivity index (χ0) is 14.6. The molecule has 0 fully saturated rings. The Balaban J connectivity index is 2.72. The Bertz CT molecular complexity index is 412. The fourth-order valence-corrected chi connectivity index (χ4v) is 2.42. The van der Waals surface area contributed by atoms with Crippen molar-refractivity contribution in [3.05, 3.63) is 34.4 Å². The van der Waals surface area contributed by atoms with Crippen molar-refractivity contribution in [3.8, 4) is 0 Å². The van der Waals surface area contributed by atoms with Crippen molar-refractivity contribution in [1.82, 2.24) is 4.90 Å². The molecule has 1 aromatic rings. The summed E-state index contributed by atoms with van der Waals surface area (Å²) >= 11 is 0. The monoisotopic (exact) mass is 263 g/mol. The highest BCUT2D eigenvalue weighted by atomic mass is 16.3. The van der Waals surface area contributed by atoms with E-state index < -0.39 is 0 Å². The van der Waals surface area contributed by atoms with Crippen LogP contribution in [-0.2, 0) is 6.54 Å². The summed E-state index contributed by atoms with van der Waals surface area (Å²) in [7, 11) is 2.14. The van der Waals surface area contributed by atoms with E-state index in [2.05, 4.69) is 58.7 Å². The number of nitrogens with zero attached hydrogens (tertiary/aromatic N) is 1. The van der Waals surface area contributed by atoms with Crippen LogP contribution >= 0.6 is 0 Å². The highest BCUT2D eigenvalue weighted by Gasteiger charge is 2.15. The minimum atomic E-state index is 0.272. The zero-order valence-corrected chi connectivity index (χ0v) is 13.3. The van der Waals surface area contributed by atoms with E-state index in [1.165, 1.54) is 22.3 Å². The van der Waals surface area contributed by atoms with Crippen molar-refractivity contribution in [2.75, 3.05) is 20.2 Å². The third-order valence-corrected chi connectivity index (χ3v) is 4.33. The number of hydrogen-bond acceptors (Lipinski definition) is 2. The highest BCUT2D eigenvalue weighted by Crippen LogP contribution is 2.19. The molecule has 1 atom stereocenters. The Morgan fingerprint density at radius 2 is 1.74 bits per heavy atom. The SMILES string of the molecule is Cc1ccc(CN(C)CC(CO)C(C)C)c(C)c1C. The summed E-state index contributed by atoms with van der Waals surface area (Å²) in [6.07, 6.45) is 0. The third-order valence-electron chi connectivity index (χ3n) is 4.33. The predicted octanol–water partition coefficient (Wildman–Crippen LogP) is 3.31. The van der Waals surface area contributed by atoms with E-state index in [9.17, 15) is 5.11 Å². The molecular weight excluding hydrogens is 234 g/mol. The van der Waals surface area contributed by atoms with Crippen molar-refractivity contribution in [3.63, 3.8) is 0 Å². The van der Waals surface area contributed by atoms with Gasteiger partial charge in [0, 0.05) is 19.7 Å². The molecule has 19 heavy (non-hydrogen) atoms. The van der Waals surface area contributed by atoms with Crippen molar-refractivity contribution in [1.29, 1.82) is 0 Å². The maximum Gasteiger partial charge on any atom is 0.0473 e. The molecule has 0 saturated heterocycles. The number of aliphatic hydroxyl groups excluding tert-OH is 1. The Labute approximate surface area is 118 Å². The van der Waals surface area contributed by atoms with Crippen LogP contribution in [0.4, 0.5) is 0 Å². The number of rotatable bonds is 6. The Kier molecular flexibility index (Phi) is 6.02. The summed E-state index contributed by atoms with van der Waals surface area (Å²) in [5.74, 6) is 0.880. The first-order valence-electron chi connectivity index (χ1n) is 7.21. The molecule has 108 valence electrons. The van der Waals surface area contributed by atoms with Gasteiger partial charge in [0.2, 0.25) is 0 Å². The quantitative estimate of drug-likeness (QED) is 0.851. The van der Waals surface area contributed by atoms with Crippen molar-refractivity contribution in [2.45, 2.75) is 41.2 Å². The summed E-state index contributed by atoms with van der Waals surface area (Å²) in [6.45, 7) is 13.1. The van der Waals surface area contributed by atoms with Gasteiger partial charge in [-0.2, -0.15) is 0 Å². The molecule has 0 radical (unpaired) electrons. The highest BCUT2D eigenvalue weighted by molar-refractivity contribution is 5.38. The molecular formula is C17H29NO. The first kappa shape index (κ1) is 16.2. The molecule has 1 N–H and O–H groups in total. The van der Waals surface area contributed by atoms with Gasteiger partial charge in [0.15, 0.2) is 0 Å². The number of hydrogen-bond donors (Lipinski definition) is 1. The summed E-state index contributed by atoms with van der Waals surface area (Å²) in [5, 5.41) is 9.42. The molecule has 0 saturated carbocycles. The molecule has 1 aromatic carbocycles. The number of aliphatic hydroxyl groups is 1. The van der Waals surface area contributed by atoms with Gasteiger partial charge >= 0.3 is 0 Å². The number of benzene rings is 1. The van der Waals surface area contributed by atoms with E-state index in [0.29, 0.717) is 11.8 Å². The van der Waals surface area contributed by atoms with Crippen LogP contribution in [0.2, 0.25) is 0 Å². The van der Waals surface area contributed by atoms with Gasteiger partial charge in [-0.3, -0.25) is 0 Å². The van der Waals surface area contributed by atoms with Crippen LogP contribution in [-0.4, -0.2) is 30.2 Å². The van der Waals surface area contributed by atoms with Gasteiger partial charge in [-0.25, -0.2) is 0 Å². The average molecular weight is 263 g/mol. The molecule has 0 heterocycles. The van der Waals surface area contributed by atoms with Crippen LogP contribution in [0.15, 0.2) is 12.1 Å². The van der Waals surface area contributed by atoms with Gasteiger partial charge < -0.3 is 10.0 Å². The van der Waals surface area contributed by atoms with E-state index in [-0.39, 0.29) is 6.61 Å². The topological polar surface area (TPSA) is 23.5 Å². The van der Waals surface area contributed by atoms with Crippen LogP contribution in [0.1, 0.15) is 36.1 Å². The molecule has 1 rings (SSSR count). The first-order chi connectivity index (χ1) is 8.86. The van der Waals surface area contributed by atoms with E-state index in [4.69, 9.17) is 0 Å². The van der Waals surface area contributed by atoms with Crippen LogP contribution in [0.5, 0.6) is 0 Å². The van der Waals surface area contributed by atoms with E-state index in [1.54, 1.807) is 0 Å². The zero-order valence-electron chi connectivity index (χ0n) is 13.3. The Morgan fingerprint density at radius 3 is 2.26 bits per heavy atom. The fraction of sp³-hybridized carbons (Fsp3) is 0.647. The molecule has 0 aliphatic carbocycles. The summed E-state index contributed by atoms with van der Waals surface area (Å²) in [4.78, 5) is 2.32. The van der Waals surface area contributed by atoms with Crippen molar-refractivity contribution in [2.24, 2.45) is 11.8 Å². The second kappa shape index (κ2) is 7.06. The minimum Gasteiger partial charge on any atom is -0.396 e. The summed E-state index contributed by atoms with van der Waals surface area (Å²) in [6, 6.07) is 4.44. The van der Waals surface area contributed by atoms with Crippen molar-refractivity contribution >= 4 is 0 Å². The predicted molar refractivity (Wildman–Crippen MR) is 82.4 cm³/mol. The molecule has 0 amide bonds. The Morgan fingerprint density at radius 1 is 1.11 bits per heavy atom. The second-order valence-corrected chi connectivity index (χ2v) is 6.18. The van der Waals surface area contributed by atoms with Crippen LogP contribution in [0.25, 0.3) is 0 Å². The van der Waals surface area contributed by atoms with Crippen LogP contribution in [0, 0.1) is 32.6 Å². The van der Waals surface area contributed by atoms with Gasteiger partial charge in [0.05, 0.1) is 0 Å². The normalized spacial score (nSPS) is 13.3. The van der Waals surface area contributed by atoms with Gasteiger partial charge in [0.1, 0.15) is 0 Å². The van der Waals surface area contributed by atoms with Crippen LogP contribution in [0.3, 0.4) is 0 Å². The maximum atomic E-state index is 9.42. The third kappa shape index (κ3) is 4.32. The van der Waals surface area contributed by atoms with E-state index >= 15 is 0 Å². The average Bonchev–Trinajstić information content (AvgIpc) is 2.36. The largest absolute Gasteiger partial charge is 0.396 e. The lowest BCUT2D eigenvalue weighted by Gasteiger charge is -2.26. The lowest BCUT2D eigenvalue weighted by atomic mass is 9.95. The van der Waals surface area contributed by atoms with Gasteiger partial charge in [0.25, 0.3) is 0 Å². The smallest absolute Gasteiger partial charge is 0.0473 e. The molecule has 2 nitrogen and oxygen atoms in total. The molecule has 0 aromatic heterocycles.